The summed E-state index contributed by atoms with van der Waals surface area (Å²) in [6, 6.07) is 4.85. The van der Waals surface area contributed by atoms with Gasteiger partial charge in [0.25, 0.3) is 5.91 Å². The average Bonchev–Trinajstić information content (AvgIpc) is 3.28. The van der Waals surface area contributed by atoms with E-state index in [1.165, 1.54) is 4.90 Å². The molecule has 2 aliphatic rings. The van der Waals surface area contributed by atoms with Gasteiger partial charge in [0, 0.05) is 6.07 Å². The lowest BCUT2D eigenvalue weighted by atomic mass is 9.73. The molecule has 3 amide bonds. The highest BCUT2D eigenvalue weighted by Gasteiger charge is 2.54. The number of nitrogens with one attached hydrogen (secondary N) is 1. The van der Waals surface area contributed by atoms with Crippen LogP contribution in [0.2, 0.25) is 0 Å². The second-order valence-electron chi connectivity index (χ2n) is 6.60. The maximum atomic E-state index is 12.9. The molecule has 24 heavy (non-hydrogen) atoms. The molecule has 1 saturated carbocycles. The van der Waals surface area contributed by atoms with E-state index >= 15 is 0 Å². The first-order valence-corrected chi connectivity index (χ1v) is 8.24. The van der Waals surface area contributed by atoms with Crippen molar-refractivity contribution in [2.45, 2.75) is 44.7 Å². The minimum Gasteiger partial charge on any atom is -0.461 e. The number of rotatable bonds is 3. The molecule has 2 aromatic heterocycles. The van der Waals surface area contributed by atoms with Crippen LogP contribution in [0.25, 0.3) is 11.5 Å². The van der Waals surface area contributed by atoms with Crippen molar-refractivity contribution in [3.05, 3.63) is 30.2 Å². The molecule has 4 rings (SSSR count). The number of carbonyl (C=O) groups is 2. The first-order chi connectivity index (χ1) is 11.6. The maximum Gasteiger partial charge on any atom is 0.325 e. The summed E-state index contributed by atoms with van der Waals surface area (Å²) in [6.45, 7) is 2.13. The average molecular weight is 329 g/mol. The molecule has 0 radical (unpaired) electrons. The Hall–Kier alpha value is -2.57. The summed E-state index contributed by atoms with van der Waals surface area (Å²) in [7, 11) is 0. The van der Waals surface area contributed by atoms with Gasteiger partial charge in [-0.3, -0.25) is 9.69 Å². The van der Waals surface area contributed by atoms with Gasteiger partial charge in [-0.25, -0.2) is 4.79 Å². The number of hydrogen-bond donors (Lipinski definition) is 1. The van der Waals surface area contributed by atoms with Crippen molar-refractivity contribution in [3.8, 4) is 11.5 Å². The van der Waals surface area contributed by atoms with E-state index in [1.807, 2.05) is 6.92 Å². The van der Waals surface area contributed by atoms with Crippen molar-refractivity contribution in [1.29, 1.82) is 0 Å². The van der Waals surface area contributed by atoms with E-state index in [-0.39, 0.29) is 24.4 Å². The van der Waals surface area contributed by atoms with Crippen molar-refractivity contribution in [1.82, 2.24) is 15.4 Å². The standard InChI is InChI=1S/C17H19N3O4/c1-11-5-2-3-7-17(11)15(21)20(16(22)18-17)10-12-9-14(24-19-12)13-6-4-8-23-13/h4,6,8-9,11H,2-3,5,7,10H2,1H3,(H,18,22)/t11-,17-/m1/s1. The zero-order valence-electron chi connectivity index (χ0n) is 13.4. The number of imide groups is 1. The van der Waals surface area contributed by atoms with Crippen molar-refractivity contribution in [2.75, 3.05) is 0 Å². The lowest BCUT2D eigenvalue weighted by Crippen LogP contribution is -2.53. The molecule has 0 aromatic carbocycles. The number of nitrogens with zero attached hydrogens (tertiary/aromatic N) is 2. The number of urea groups is 1. The molecule has 2 aromatic rings. The first-order valence-electron chi connectivity index (χ1n) is 8.24. The molecular weight excluding hydrogens is 310 g/mol. The second-order valence-corrected chi connectivity index (χ2v) is 6.60. The van der Waals surface area contributed by atoms with Gasteiger partial charge in [-0.1, -0.05) is 24.9 Å². The summed E-state index contributed by atoms with van der Waals surface area (Å²) in [5.74, 6) is 1.03. The Morgan fingerprint density at radius 2 is 2.25 bits per heavy atom. The SMILES string of the molecule is C[C@@H]1CCCC[C@@]12NC(=O)N(Cc1cc(-c3ccco3)on1)C2=O. The first kappa shape index (κ1) is 15.0. The molecule has 2 atom stereocenters. The lowest BCUT2D eigenvalue weighted by Gasteiger charge is -2.36. The fourth-order valence-electron chi connectivity index (χ4n) is 3.72. The Morgan fingerprint density at radius 1 is 1.38 bits per heavy atom. The van der Waals surface area contributed by atoms with Gasteiger partial charge in [0.05, 0.1) is 12.8 Å². The monoisotopic (exact) mass is 329 g/mol. The summed E-state index contributed by atoms with van der Waals surface area (Å²) < 4.78 is 10.5. The fraction of sp³-hybridized carbons (Fsp3) is 0.471. The lowest BCUT2D eigenvalue weighted by molar-refractivity contribution is -0.134. The van der Waals surface area contributed by atoms with E-state index < -0.39 is 5.54 Å². The van der Waals surface area contributed by atoms with E-state index in [0.717, 1.165) is 19.3 Å². The third-order valence-corrected chi connectivity index (χ3v) is 5.14. The highest BCUT2D eigenvalue weighted by molar-refractivity contribution is 6.07. The minimum atomic E-state index is -0.747. The predicted molar refractivity (Wildman–Crippen MR) is 83.6 cm³/mol. The zero-order valence-corrected chi connectivity index (χ0v) is 13.4. The van der Waals surface area contributed by atoms with Gasteiger partial charge in [0.15, 0.2) is 5.76 Å². The molecule has 1 spiro atoms. The number of furan rings is 1. The van der Waals surface area contributed by atoms with Crippen molar-refractivity contribution < 1.29 is 18.5 Å². The van der Waals surface area contributed by atoms with Gasteiger partial charge in [-0.15, -0.1) is 0 Å². The van der Waals surface area contributed by atoms with Crippen LogP contribution in [0, 0.1) is 5.92 Å². The van der Waals surface area contributed by atoms with E-state index in [4.69, 9.17) is 8.94 Å². The number of hydrogen-bond acceptors (Lipinski definition) is 5. The van der Waals surface area contributed by atoms with Crippen LogP contribution in [0.3, 0.4) is 0 Å². The smallest absolute Gasteiger partial charge is 0.325 e. The van der Waals surface area contributed by atoms with Gasteiger partial charge in [0.1, 0.15) is 11.2 Å². The van der Waals surface area contributed by atoms with Crippen LogP contribution in [0.4, 0.5) is 4.79 Å². The molecule has 7 nitrogen and oxygen atoms in total. The zero-order chi connectivity index (χ0) is 16.7. The molecule has 1 saturated heterocycles. The molecule has 1 aliphatic heterocycles. The van der Waals surface area contributed by atoms with E-state index in [1.54, 1.807) is 24.5 Å². The molecule has 0 bridgehead atoms. The summed E-state index contributed by atoms with van der Waals surface area (Å²) in [5, 5.41) is 6.88. The third-order valence-electron chi connectivity index (χ3n) is 5.14. The Kier molecular flexibility index (Phi) is 3.44. The van der Waals surface area contributed by atoms with Crippen LogP contribution >= 0.6 is 0 Å². The van der Waals surface area contributed by atoms with Crippen molar-refractivity contribution in [2.24, 2.45) is 5.92 Å². The molecule has 1 aliphatic carbocycles. The van der Waals surface area contributed by atoms with Crippen LogP contribution in [-0.2, 0) is 11.3 Å². The summed E-state index contributed by atoms with van der Waals surface area (Å²) in [4.78, 5) is 26.5. The molecule has 0 unspecified atom stereocenters. The van der Waals surface area contributed by atoms with Gasteiger partial charge in [0.2, 0.25) is 5.76 Å². The van der Waals surface area contributed by atoms with E-state index in [9.17, 15) is 9.59 Å². The molecule has 126 valence electrons. The Bertz CT molecular complexity index is 767. The van der Waals surface area contributed by atoms with Crippen LogP contribution in [-0.4, -0.2) is 27.5 Å². The quantitative estimate of drug-likeness (QED) is 0.875. The molecule has 7 heteroatoms. The van der Waals surface area contributed by atoms with E-state index in [2.05, 4.69) is 10.5 Å². The van der Waals surface area contributed by atoms with Crippen molar-refractivity contribution >= 4 is 11.9 Å². The normalized spacial score (nSPS) is 27.0. The van der Waals surface area contributed by atoms with Gasteiger partial charge in [-0.05, 0) is 30.9 Å². The van der Waals surface area contributed by atoms with Gasteiger partial charge >= 0.3 is 6.03 Å². The van der Waals surface area contributed by atoms with Gasteiger partial charge < -0.3 is 14.3 Å². The number of carbonyl (C=O) groups excluding carboxylic acids is 2. The van der Waals surface area contributed by atoms with E-state index in [0.29, 0.717) is 23.6 Å². The van der Waals surface area contributed by atoms with Crippen LogP contribution in [0.5, 0.6) is 0 Å². The fourth-order valence-corrected chi connectivity index (χ4v) is 3.72. The molecule has 3 heterocycles. The molecule has 2 fully saturated rings. The molecule has 1 N–H and O–H groups in total. The highest BCUT2D eigenvalue weighted by atomic mass is 16.5. The van der Waals surface area contributed by atoms with Gasteiger partial charge in [-0.2, -0.15) is 0 Å². The predicted octanol–water partition coefficient (Wildman–Crippen LogP) is 2.94. The Labute approximate surface area is 139 Å². The highest BCUT2D eigenvalue weighted by Crippen LogP contribution is 2.38. The maximum absolute atomic E-state index is 12.9. The summed E-state index contributed by atoms with van der Waals surface area (Å²) in [5.41, 5.74) is -0.228. The topological polar surface area (TPSA) is 88.6 Å². The van der Waals surface area contributed by atoms with Crippen molar-refractivity contribution in [3.63, 3.8) is 0 Å². The summed E-state index contributed by atoms with van der Waals surface area (Å²) >= 11 is 0. The number of amides is 3. The van der Waals surface area contributed by atoms with Crippen LogP contribution < -0.4 is 5.32 Å². The second kappa shape index (κ2) is 5.51. The minimum absolute atomic E-state index is 0.101. The third kappa shape index (κ3) is 2.23. The number of aromatic nitrogens is 1. The molecular formula is C17H19N3O4. The largest absolute Gasteiger partial charge is 0.461 e. The Morgan fingerprint density at radius 3 is 3.00 bits per heavy atom. The summed E-state index contributed by atoms with van der Waals surface area (Å²) in [6.07, 6.45) is 5.25. The Balaban J connectivity index is 1.55. The van der Waals surface area contributed by atoms with Crippen LogP contribution in [0.1, 0.15) is 38.3 Å². The van der Waals surface area contributed by atoms with Crippen LogP contribution in [0.15, 0.2) is 33.4 Å².